The van der Waals surface area contributed by atoms with E-state index in [0.29, 0.717) is 32.5 Å². The molecule has 0 spiro atoms. The minimum atomic E-state index is -0.178. The van der Waals surface area contributed by atoms with Crippen LogP contribution in [0.4, 0.5) is 0 Å². The molecule has 2 aromatic carbocycles. The van der Waals surface area contributed by atoms with Crippen LogP contribution in [0, 0.1) is 0 Å². The third kappa shape index (κ3) is 14.8. The largest absolute Gasteiger partial charge is 0.462 e. The summed E-state index contributed by atoms with van der Waals surface area (Å²) in [6, 6.07) is 22.2. The van der Waals surface area contributed by atoms with Gasteiger partial charge in [0.25, 0.3) is 5.91 Å². The lowest BCUT2D eigenvalue weighted by atomic mass is 9.98. The SMILES string of the molecule is CCCN(CCCCCC(=O)N(C)CCN1CCC(OC(=O)Cc2ccccc2-c2ccccc2)CC1)Cc1ccc(C(=O)N(C)CCCN(C)C(=O)CC)s1. The second-order valence-electron chi connectivity index (χ2n) is 15.1. The second-order valence-corrected chi connectivity index (χ2v) is 16.3. The number of likely N-dealkylation sites (tertiary alicyclic amines) is 1. The van der Waals surface area contributed by atoms with Crippen molar-refractivity contribution in [1.29, 1.82) is 0 Å². The highest BCUT2D eigenvalue weighted by Crippen LogP contribution is 2.25. The van der Waals surface area contributed by atoms with E-state index in [9.17, 15) is 19.2 Å². The quantitative estimate of drug-likeness (QED) is 0.0740. The number of amides is 3. The van der Waals surface area contributed by atoms with E-state index in [1.165, 1.54) is 4.88 Å². The van der Waals surface area contributed by atoms with Crippen molar-refractivity contribution < 1.29 is 23.9 Å². The fraction of sp³-hybridized carbons (Fsp3) is 0.556. The van der Waals surface area contributed by atoms with Crippen LogP contribution in [0.2, 0.25) is 0 Å². The first-order valence-electron chi connectivity index (χ1n) is 20.7. The molecule has 10 nitrogen and oxygen atoms in total. The summed E-state index contributed by atoms with van der Waals surface area (Å²) in [6.07, 6.45) is 7.59. The van der Waals surface area contributed by atoms with Gasteiger partial charge in [-0.2, -0.15) is 0 Å². The molecule has 306 valence electrons. The first kappa shape index (κ1) is 44.7. The maximum absolute atomic E-state index is 13.0. The molecule has 0 bridgehead atoms. The van der Waals surface area contributed by atoms with Crippen LogP contribution in [-0.2, 0) is 32.1 Å². The number of nitrogens with zero attached hydrogens (tertiary/aromatic N) is 5. The van der Waals surface area contributed by atoms with Crippen LogP contribution in [0.3, 0.4) is 0 Å². The molecule has 0 saturated carbocycles. The third-order valence-electron chi connectivity index (χ3n) is 10.7. The van der Waals surface area contributed by atoms with Gasteiger partial charge in [0.1, 0.15) is 6.10 Å². The van der Waals surface area contributed by atoms with Crippen molar-refractivity contribution in [3.05, 3.63) is 82.0 Å². The fourth-order valence-corrected chi connectivity index (χ4v) is 8.26. The maximum atomic E-state index is 13.0. The van der Waals surface area contributed by atoms with Crippen LogP contribution in [0.15, 0.2) is 66.7 Å². The van der Waals surface area contributed by atoms with E-state index in [2.05, 4.69) is 41.0 Å². The minimum Gasteiger partial charge on any atom is -0.462 e. The number of thiophene rings is 1. The zero-order valence-electron chi connectivity index (χ0n) is 34.5. The zero-order chi connectivity index (χ0) is 40.3. The molecule has 1 aliphatic heterocycles. The van der Waals surface area contributed by atoms with Gasteiger partial charge in [-0.05, 0) is 80.4 Å². The van der Waals surface area contributed by atoms with Crippen LogP contribution in [0.25, 0.3) is 11.1 Å². The molecule has 11 heteroatoms. The number of ether oxygens (including phenoxy) is 1. The Labute approximate surface area is 339 Å². The van der Waals surface area contributed by atoms with E-state index in [-0.39, 0.29) is 36.2 Å². The fourth-order valence-electron chi connectivity index (χ4n) is 7.22. The molecule has 56 heavy (non-hydrogen) atoms. The molecule has 0 unspecified atom stereocenters. The Kier molecular flexibility index (Phi) is 19.0. The summed E-state index contributed by atoms with van der Waals surface area (Å²) >= 11 is 1.57. The summed E-state index contributed by atoms with van der Waals surface area (Å²) < 4.78 is 5.91. The molecular formula is C45H65N5O5S. The molecule has 1 saturated heterocycles. The number of esters is 1. The monoisotopic (exact) mass is 787 g/mol. The number of carbonyl (C=O) groups is 4. The molecule has 3 amide bonds. The Morgan fingerprint density at radius 1 is 0.732 bits per heavy atom. The summed E-state index contributed by atoms with van der Waals surface area (Å²) in [5.41, 5.74) is 3.15. The van der Waals surface area contributed by atoms with E-state index in [4.69, 9.17) is 4.74 Å². The van der Waals surface area contributed by atoms with Gasteiger partial charge in [-0.3, -0.25) is 24.1 Å². The van der Waals surface area contributed by atoms with Crippen molar-refractivity contribution in [2.24, 2.45) is 0 Å². The summed E-state index contributed by atoms with van der Waals surface area (Å²) in [5.74, 6) is 0.165. The van der Waals surface area contributed by atoms with E-state index in [1.807, 2.05) is 75.4 Å². The normalized spacial score (nSPS) is 13.5. The molecular weight excluding hydrogens is 723 g/mol. The van der Waals surface area contributed by atoms with Gasteiger partial charge >= 0.3 is 5.97 Å². The molecule has 3 aromatic rings. The molecule has 0 N–H and O–H groups in total. The maximum Gasteiger partial charge on any atom is 0.310 e. The van der Waals surface area contributed by atoms with Gasteiger partial charge in [-0.25, -0.2) is 0 Å². The molecule has 0 radical (unpaired) electrons. The first-order chi connectivity index (χ1) is 27.1. The van der Waals surface area contributed by atoms with Crippen molar-refractivity contribution in [2.45, 2.75) is 90.7 Å². The molecule has 1 aliphatic rings. The van der Waals surface area contributed by atoms with Gasteiger partial charge in [0.15, 0.2) is 0 Å². The van der Waals surface area contributed by atoms with Crippen molar-refractivity contribution in [2.75, 3.05) is 73.5 Å². The number of carbonyl (C=O) groups excluding carboxylic acids is 4. The van der Waals surface area contributed by atoms with Crippen molar-refractivity contribution in [3.63, 3.8) is 0 Å². The zero-order valence-corrected chi connectivity index (χ0v) is 35.4. The topological polar surface area (TPSA) is 93.7 Å². The van der Waals surface area contributed by atoms with Gasteiger partial charge < -0.3 is 24.3 Å². The van der Waals surface area contributed by atoms with Crippen LogP contribution >= 0.6 is 11.3 Å². The number of rotatable bonds is 23. The summed E-state index contributed by atoms with van der Waals surface area (Å²) in [4.78, 5) is 62.7. The predicted octanol–water partition coefficient (Wildman–Crippen LogP) is 7.23. The number of hydrogen-bond donors (Lipinski definition) is 0. The average Bonchev–Trinajstić information content (AvgIpc) is 3.68. The first-order valence-corrected chi connectivity index (χ1v) is 21.5. The van der Waals surface area contributed by atoms with Gasteiger partial charge in [0.2, 0.25) is 11.8 Å². The highest BCUT2D eigenvalue weighted by Gasteiger charge is 2.24. The van der Waals surface area contributed by atoms with Crippen molar-refractivity contribution in [1.82, 2.24) is 24.5 Å². The molecule has 0 atom stereocenters. The number of benzene rings is 2. The van der Waals surface area contributed by atoms with Gasteiger partial charge in [0.05, 0.1) is 11.3 Å². The Hall–Kier alpha value is -4.06. The van der Waals surface area contributed by atoms with Crippen LogP contribution in [0.1, 0.15) is 91.7 Å². The van der Waals surface area contributed by atoms with Crippen molar-refractivity contribution in [3.8, 4) is 11.1 Å². The summed E-state index contributed by atoms with van der Waals surface area (Å²) in [6.45, 7) is 11.3. The van der Waals surface area contributed by atoms with E-state index >= 15 is 0 Å². The van der Waals surface area contributed by atoms with Gasteiger partial charge in [0, 0.05) is 84.7 Å². The Balaban J connectivity index is 1.07. The van der Waals surface area contributed by atoms with Crippen molar-refractivity contribution >= 4 is 35.0 Å². The smallest absolute Gasteiger partial charge is 0.310 e. The number of piperidine rings is 1. The number of likely N-dealkylation sites (N-methyl/N-ethyl adjacent to an activating group) is 1. The molecule has 0 aliphatic carbocycles. The molecule has 2 heterocycles. The Bertz CT molecular complexity index is 1660. The second kappa shape index (κ2) is 23.9. The third-order valence-corrected chi connectivity index (χ3v) is 11.7. The lowest BCUT2D eigenvalue weighted by Gasteiger charge is -2.32. The summed E-state index contributed by atoms with van der Waals surface area (Å²) in [7, 11) is 5.54. The Morgan fingerprint density at radius 3 is 2.16 bits per heavy atom. The van der Waals surface area contributed by atoms with Gasteiger partial charge in [-0.1, -0.05) is 74.9 Å². The summed E-state index contributed by atoms with van der Waals surface area (Å²) in [5, 5.41) is 0. The van der Waals surface area contributed by atoms with E-state index in [1.54, 1.807) is 21.1 Å². The van der Waals surface area contributed by atoms with Crippen LogP contribution in [0.5, 0.6) is 0 Å². The molecule has 4 rings (SSSR count). The lowest BCUT2D eigenvalue weighted by Crippen LogP contribution is -2.42. The lowest BCUT2D eigenvalue weighted by molar-refractivity contribution is -0.150. The molecule has 1 fully saturated rings. The van der Waals surface area contributed by atoms with E-state index < -0.39 is 0 Å². The van der Waals surface area contributed by atoms with E-state index in [0.717, 1.165) is 106 Å². The number of hydrogen-bond acceptors (Lipinski definition) is 8. The highest BCUT2D eigenvalue weighted by atomic mass is 32.1. The van der Waals surface area contributed by atoms with Gasteiger partial charge in [-0.15, -0.1) is 11.3 Å². The highest BCUT2D eigenvalue weighted by molar-refractivity contribution is 7.14. The van der Waals surface area contributed by atoms with Crippen LogP contribution in [-0.4, -0.2) is 128 Å². The predicted molar refractivity (Wildman–Crippen MR) is 227 cm³/mol. The Morgan fingerprint density at radius 2 is 1.43 bits per heavy atom. The average molecular weight is 788 g/mol. The molecule has 1 aromatic heterocycles. The van der Waals surface area contributed by atoms with Crippen LogP contribution < -0.4 is 0 Å². The number of unbranched alkanes of at least 4 members (excludes halogenated alkanes) is 2. The standard InChI is InChI=1S/C45H65N5O5S/c1-6-26-50(35-39-22-23-41(56-39)45(54)48(5)28-16-27-46(3)42(51)7-2)29-15-9-12-21-43(52)47(4)32-33-49-30-24-38(25-31-49)55-44(53)34-37-19-13-14-20-40(37)36-17-10-8-11-18-36/h8,10-11,13-14,17-20,22-23,38H,6-7,9,12,15-16,21,24-35H2,1-5H3. The minimum absolute atomic E-state index is 0.0301.